The number of methoxy groups -OCH3 is 1. The van der Waals surface area contributed by atoms with Crippen molar-refractivity contribution in [2.75, 3.05) is 27.4 Å². The van der Waals surface area contributed by atoms with Crippen LogP contribution in [0.4, 0.5) is 0 Å². The van der Waals surface area contributed by atoms with E-state index in [-0.39, 0.29) is 0 Å². The van der Waals surface area contributed by atoms with Gasteiger partial charge in [0, 0.05) is 7.05 Å². The fraction of sp³-hybridized carbons (Fsp3) is 0.222. The summed E-state index contributed by atoms with van der Waals surface area (Å²) < 4.78 is 16.7. The van der Waals surface area contributed by atoms with E-state index in [0.29, 0.717) is 40.6 Å². The van der Waals surface area contributed by atoms with E-state index in [9.17, 15) is 0 Å². The standard InChI is InChI=1S/C18H20ClN3O3S/c1-20-18(26)22-21-12-13-7-8-16(17(11-13)23-2)25-10-9-24-15-6-4-3-5-14(15)19/h3-8,11-12H,9-10H2,1-2H3,(H2,20,22,26)/b21-12-. The lowest BCUT2D eigenvalue weighted by Crippen LogP contribution is -2.28. The lowest BCUT2D eigenvalue weighted by atomic mass is 10.2. The van der Waals surface area contributed by atoms with Crippen molar-refractivity contribution in [1.82, 2.24) is 10.7 Å². The van der Waals surface area contributed by atoms with Crippen molar-refractivity contribution in [1.29, 1.82) is 0 Å². The van der Waals surface area contributed by atoms with Crippen LogP contribution in [-0.4, -0.2) is 38.7 Å². The van der Waals surface area contributed by atoms with Gasteiger partial charge in [0.2, 0.25) is 0 Å². The largest absolute Gasteiger partial charge is 0.493 e. The fourth-order valence-electron chi connectivity index (χ4n) is 1.97. The van der Waals surface area contributed by atoms with E-state index in [0.717, 1.165) is 5.56 Å². The predicted octanol–water partition coefficient (Wildman–Crippen LogP) is 3.23. The zero-order valence-corrected chi connectivity index (χ0v) is 16.1. The van der Waals surface area contributed by atoms with Gasteiger partial charge in [0.05, 0.1) is 18.3 Å². The zero-order valence-electron chi connectivity index (χ0n) is 14.5. The van der Waals surface area contributed by atoms with Gasteiger partial charge in [-0.3, -0.25) is 5.43 Å². The third kappa shape index (κ3) is 6.09. The van der Waals surface area contributed by atoms with Gasteiger partial charge in [-0.05, 0) is 48.1 Å². The summed E-state index contributed by atoms with van der Waals surface area (Å²) in [6, 6.07) is 12.8. The van der Waals surface area contributed by atoms with E-state index in [4.69, 9.17) is 38.0 Å². The van der Waals surface area contributed by atoms with Crippen LogP contribution >= 0.6 is 23.8 Å². The molecule has 26 heavy (non-hydrogen) atoms. The monoisotopic (exact) mass is 393 g/mol. The number of hydrogen-bond donors (Lipinski definition) is 2. The molecule has 0 spiro atoms. The van der Waals surface area contributed by atoms with E-state index < -0.39 is 0 Å². The molecule has 138 valence electrons. The Kier molecular flexibility index (Phi) is 7.98. The molecule has 0 aliphatic carbocycles. The third-order valence-corrected chi connectivity index (χ3v) is 3.84. The molecule has 2 rings (SSSR count). The van der Waals surface area contributed by atoms with Crippen LogP contribution in [-0.2, 0) is 0 Å². The molecule has 0 unspecified atom stereocenters. The van der Waals surface area contributed by atoms with E-state index in [1.54, 1.807) is 26.4 Å². The van der Waals surface area contributed by atoms with Crippen LogP contribution in [0.25, 0.3) is 0 Å². The molecule has 6 nitrogen and oxygen atoms in total. The van der Waals surface area contributed by atoms with Crippen LogP contribution < -0.4 is 25.0 Å². The van der Waals surface area contributed by atoms with Crippen LogP contribution in [0, 0.1) is 0 Å². The molecule has 0 atom stereocenters. The summed E-state index contributed by atoms with van der Waals surface area (Å²) in [7, 11) is 3.30. The molecule has 0 fully saturated rings. The molecule has 0 radical (unpaired) electrons. The lowest BCUT2D eigenvalue weighted by Gasteiger charge is -2.12. The van der Waals surface area contributed by atoms with Crippen molar-refractivity contribution in [3.05, 3.63) is 53.1 Å². The van der Waals surface area contributed by atoms with Crippen LogP contribution in [0.2, 0.25) is 5.02 Å². The Morgan fingerprint density at radius 1 is 1.12 bits per heavy atom. The van der Waals surface area contributed by atoms with Gasteiger partial charge < -0.3 is 19.5 Å². The minimum atomic E-state index is 0.354. The van der Waals surface area contributed by atoms with E-state index in [2.05, 4.69) is 15.8 Å². The quantitative estimate of drug-likeness (QED) is 0.311. The van der Waals surface area contributed by atoms with Crippen molar-refractivity contribution in [2.45, 2.75) is 0 Å². The molecule has 0 aliphatic heterocycles. The van der Waals surface area contributed by atoms with Crippen molar-refractivity contribution in [3.63, 3.8) is 0 Å². The summed E-state index contributed by atoms with van der Waals surface area (Å²) in [5.41, 5.74) is 3.53. The minimum Gasteiger partial charge on any atom is -0.493 e. The van der Waals surface area contributed by atoms with E-state index in [1.165, 1.54) is 0 Å². The highest BCUT2D eigenvalue weighted by atomic mass is 35.5. The Balaban J connectivity index is 1.89. The highest BCUT2D eigenvalue weighted by Gasteiger charge is 2.06. The van der Waals surface area contributed by atoms with Gasteiger partial charge in [-0.25, -0.2) is 0 Å². The number of rotatable bonds is 8. The van der Waals surface area contributed by atoms with Crippen molar-refractivity contribution < 1.29 is 14.2 Å². The van der Waals surface area contributed by atoms with Gasteiger partial charge >= 0.3 is 0 Å². The second kappa shape index (κ2) is 10.5. The first-order valence-corrected chi connectivity index (χ1v) is 8.61. The van der Waals surface area contributed by atoms with E-state index >= 15 is 0 Å². The molecule has 2 aromatic rings. The van der Waals surface area contributed by atoms with Gasteiger partial charge in [-0.1, -0.05) is 23.7 Å². The van der Waals surface area contributed by atoms with E-state index in [1.807, 2.05) is 36.4 Å². The summed E-state index contributed by atoms with van der Waals surface area (Å²) in [5, 5.41) is 7.80. The average molecular weight is 394 g/mol. The van der Waals surface area contributed by atoms with Gasteiger partial charge in [0.1, 0.15) is 19.0 Å². The summed E-state index contributed by atoms with van der Waals surface area (Å²) >= 11 is 11.0. The molecule has 0 saturated carbocycles. The molecule has 2 N–H and O–H groups in total. The maximum Gasteiger partial charge on any atom is 0.186 e. The molecule has 0 aromatic heterocycles. The van der Waals surface area contributed by atoms with Crippen molar-refractivity contribution in [3.8, 4) is 17.2 Å². The average Bonchev–Trinajstić information content (AvgIpc) is 2.66. The smallest absolute Gasteiger partial charge is 0.186 e. The second-order valence-electron chi connectivity index (χ2n) is 4.99. The molecule has 0 bridgehead atoms. The van der Waals surface area contributed by atoms with Gasteiger partial charge in [-0.2, -0.15) is 5.10 Å². The molecule has 0 amide bonds. The van der Waals surface area contributed by atoms with Crippen molar-refractivity contribution in [2.24, 2.45) is 5.10 Å². The lowest BCUT2D eigenvalue weighted by molar-refractivity contribution is 0.211. The summed E-state index contributed by atoms with van der Waals surface area (Å²) in [6.45, 7) is 0.717. The number of nitrogens with zero attached hydrogens (tertiary/aromatic N) is 1. The van der Waals surface area contributed by atoms with Gasteiger partial charge in [-0.15, -0.1) is 0 Å². The number of ether oxygens (including phenoxy) is 3. The Labute approximate surface area is 163 Å². The SMILES string of the molecule is CNC(=S)N/N=C\c1ccc(OCCOc2ccccc2Cl)c(OC)c1. The number of nitrogens with one attached hydrogen (secondary N) is 2. The first-order valence-electron chi connectivity index (χ1n) is 7.83. The number of benzene rings is 2. The minimum absolute atomic E-state index is 0.354. The maximum atomic E-state index is 6.04. The Morgan fingerprint density at radius 3 is 2.54 bits per heavy atom. The summed E-state index contributed by atoms with van der Waals surface area (Å²) in [6.07, 6.45) is 1.64. The highest BCUT2D eigenvalue weighted by molar-refractivity contribution is 7.80. The molecular weight excluding hydrogens is 374 g/mol. The summed E-state index contributed by atoms with van der Waals surface area (Å²) in [4.78, 5) is 0. The number of para-hydroxylation sites is 1. The van der Waals surface area contributed by atoms with Crippen molar-refractivity contribution >= 4 is 35.1 Å². The Bertz CT molecular complexity index is 771. The van der Waals surface area contributed by atoms with Crippen LogP contribution in [0.5, 0.6) is 17.2 Å². The maximum absolute atomic E-state index is 6.04. The van der Waals surface area contributed by atoms with Gasteiger partial charge in [0.25, 0.3) is 0 Å². The van der Waals surface area contributed by atoms with Gasteiger partial charge in [0.15, 0.2) is 16.6 Å². The van der Waals surface area contributed by atoms with Crippen LogP contribution in [0.1, 0.15) is 5.56 Å². The Morgan fingerprint density at radius 2 is 1.85 bits per heavy atom. The summed E-state index contributed by atoms with van der Waals surface area (Å²) in [5.74, 6) is 1.84. The molecule has 0 heterocycles. The zero-order chi connectivity index (χ0) is 18.8. The molecule has 8 heteroatoms. The molecule has 0 aliphatic rings. The second-order valence-corrected chi connectivity index (χ2v) is 5.80. The first kappa shape index (κ1) is 19.8. The number of hydrazone groups is 1. The number of hydrogen-bond acceptors (Lipinski definition) is 5. The van der Waals surface area contributed by atoms with Crippen LogP contribution in [0.3, 0.4) is 0 Å². The topological polar surface area (TPSA) is 64.1 Å². The highest BCUT2D eigenvalue weighted by Crippen LogP contribution is 2.28. The normalized spacial score (nSPS) is 10.4. The number of thiocarbonyl (C=S) groups is 1. The van der Waals surface area contributed by atoms with Crippen LogP contribution in [0.15, 0.2) is 47.6 Å². The number of halogens is 1. The molecule has 2 aromatic carbocycles. The molecule has 0 saturated heterocycles. The Hall–Kier alpha value is -2.51. The third-order valence-electron chi connectivity index (χ3n) is 3.23. The predicted molar refractivity (Wildman–Crippen MR) is 108 cm³/mol. The fourth-order valence-corrected chi connectivity index (χ4v) is 2.21. The molecular formula is C18H20ClN3O3S. The first-order chi connectivity index (χ1) is 12.6.